The van der Waals surface area contributed by atoms with E-state index in [0.29, 0.717) is 12.8 Å². The summed E-state index contributed by atoms with van der Waals surface area (Å²) in [4.78, 5) is 0. The Kier molecular flexibility index (Phi) is 29.3. The fraction of sp³-hybridized carbons (Fsp3) is 1.00. The molecule has 0 heterocycles. The molecule has 238 valence electrons. The van der Waals surface area contributed by atoms with Gasteiger partial charge < -0.3 is 15.8 Å². The molecule has 0 rings (SSSR count). The summed E-state index contributed by atoms with van der Waals surface area (Å²) in [6, 6.07) is 0. The van der Waals surface area contributed by atoms with Crippen molar-refractivity contribution >= 4 is 10.4 Å². The number of quaternary nitrogens is 1. The SMILES string of the molecule is CCCCCCCCCCCCCCC(CCCCCCCCCCCCCC)(CC(C)O)OS(=O)(=O)[O-].[NH4+]. The Bertz CT molecular complexity index is 569. The van der Waals surface area contributed by atoms with Crippen molar-refractivity contribution in [1.82, 2.24) is 6.15 Å². The molecule has 39 heavy (non-hydrogen) atoms. The van der Waals surface area contributed by atoms with Gasteiger partial charge in [-0.25, -0.2) is 8.42 Å². The van der Waals surface area contributed by atoms with Crippen LogP contribution in [-0.4, -0.2) is 29.8 Å². The number of rotatable bonds is 30. The zero-order chi connectivity index (χ0) is 28.4. The van der Waals surface area contributed by atoms with Crippen LogP contribution in [0.5, 0.6) is 0 Å². The summed E-state index contributed by atoms with van der Waals surface area (Å²) in [5.74, 6) is 0. The molecule has 0 aromatic carbocycles. The molecule has 0 saturated heterocycles. The van der Waals surface area contributed by atoms with E-state index in [1.54, 1.807) is 6.92 Å². The van der Waals surface area contributed by atoms with Crippen LogP contribution in [0.3, 0.4) is 0 Å². The number of unbranched alkanes of at least 4 members (excludes halogenated alkanes) is 22. The average Bonchev–Trinajstić information content (AvgIpc) is 2.84. The number of aliphatic hydroxyl groups is 1. The second-order valence-electron chi connectivity index (χ2n) is 12.0. The fourth-order valence-corrected chi connectivity index (χ4v) is 6.45. The van der Waals surface area contributed by atoms with Crippen molar-refractivity contribution in [2.75, 3.05) is 0 Å². The van der Waals surface area contributed by atoms with Gasteiger partial charge in [-0.1, -0.05) is 168 Å². The Balaban J connectivity index is 0. The molecule has 1 atom stereocenters. The molecule has 0 aliphatic heterocycles. The molecule has 0 fully saturated rings. The molecule has 5 N–H and O–H groups in total. The Labute approximate surface area is 244 Å². The van der Waals surface area contributed by atoms with Crippen LogP contribution < -0.4 is 6.15 Å². The molecular formula is C32H69NO5S. The number of hydrogen-bond donors (Lipinski definition) is 2. The highest BCUT2D eigenvalue weighted by molar-refractivity contribution is 7.80. The highest BCUT2D eigenvalue weighted by atomic mass is 32.3. The first-order valence-corrected chi connectivity index (χ1v) is 17.9. The van der Waals surface area contributed by atoms with E-state index in [1.165, 1.54) is 116 Å². The Morgan fingerprint density at radius 3 is 1.08 bits per heavy atom. The van der Waals surface area contributed by atoms with Crippen molar-refractivity contribution in [2.24, 2.45) is 0 Å². The van der Waals surface area contributed by atoms with E-state index < -0.39 is 22.1 Å². The third-order valence-electron chi connectivity index (χ3n) is 7.92. The summed E-state index contributed by atoms with van der Waals surface area (Å²) >= 11 is 0. The van der Waals surface area contributed by atoms with Crippen LogP contribution in [-0.2, 0) is 14.6 Å². The second-order valence-corrected chi connectivity index (χ2v) is 13.0. The first-order chi connectivity index (χ1) is 18.2. The van der Waals surface area contributed by atoms with Crippen molar-refractivity contribution in [3.63, 3.8) is 0 Å². The summed E-state index contributed by atoms with van der Waals surface area (Å²) in [5, 5.41) is 10.1. The molecule has 0 saturated carbocycles. The van der Waals surface area contributed by atoms with E-state index in [0.717, 1.165) is 38.5 Å². The van der Waals surface area contributed by atoms with Gasteiger partial charge in [0.05, 0.1) is 11.7 Å². The minimum atomic E-state index is -4.82. The molecule has 0 spiro atoms. The van der Waals surface area contributed by atoms with Gasteiger partial charge in [-0.3, -0.25) is 4.18 Å². The van der Waals surface area contributed by atoms with Gasteiger partial charge >= 0.3 is 0 Å². The minimum Gasteiger partial charge on any atom is -0.726 e. The van der Waals surface area contributed by atoms with Gasteiger partial charge in [-0.05, 0) is 19.8 Å². The summed E-state index contributed by atoms with van der Waals surface area (Å²) in [7, 11) is -4.82. The maximum absolute atomic E-state index is 11.6. The van der Waals surface area contributed by atoms with Crippen molar-refractivity contribution < 1.29 is 22.3 Å². The van der Waals surface area contributed by atoms with Crippen LogP contribution >= 0.6 is 0 Å². The number of hydrogen-bond acceptors (Lipinski definition) is 5. The molecule has 0 amide bonds. The van der Waals surface area contributed by atoms with Gasteiger partial charge in [0, 0.05) is 6.42 Å². The standard InChI is InChI=1S/C32H66O5S.H3N/c1-4-6-8-10-12-14-16-18-20-22-24-26-28-32(30-31(3)33,37-38(34,35)36)29-27-25-23-21-19-17-15-13-11-9-7-5-2;/h31,33H,4-30H2,1-3H3,(H,34,35,36);1H3. The molecule has 1 unspecified atom stereocenters. The van der Waals surface area contributed by atoms with E-state index in [9.17, 15) is 18.1 Å². The molecule has 0 aliphatic carbocycles. The predicted octanol–water partition coefficient (Wildman–Crippen LogP) is 10.5. The Hall–Kier alpha value is -0.210. The van der Waals surface area contributed by atoms with Crippen LogP contribution in [0.25, 0.3) is 0 Å². The largest absolute Gasteiger partial charge is 0.726 e. The average molecular weight is 580 g/mol. The monoisotopic (exact) mass is 579 g/mol. The zero-order valence-corrected chi connectivity index (χ0v) is 27.5. The molecule has 6 nitrogen and oxygen atoms in total. The maximum atomic E-state index is 11.6. The molecule has 0 aliphatic rings. The first-order valence-electron chi connectivity index (χ1n) is 16.6. The van der Waals surface area contributed by atoms with Crippen LogP contribution in [0.1, 0.15) is 194 Å². The van der Waals surface area contributed by atoms with Crippen LogP contribution in [0, 0.1) is 0 Å². The third kappa shape index (κ3) is 29.1. The van der Waals surface area contributed by atoms with E-state index in [4.69, 9.17) is 4.18 Å². The highest BCUT2D eigenvalue weighted by Gasteiger charge is 2.34. The van der Waals surface area contributed by atoms with Crippen molar-refractivity contribution in [1.29, 1.82) is 0 Å². The lowest BCUT2D eigenvalue weighted by molar-refractivity contribution is -0.00474. The van der Waals surface area contributed by atoms with Gasteiger partial charge in [0.25, 0.3) is 0 Å². The summed E-state index contributed by atoms with van der Waals surface area (Å²) < 4.78 is 40.0. The summed E-state index contributed by atoms with van der Waals surface area (Å²) in [6.45, 7) is 6.15. The van der Waals surface area contributed by atoms with Crippen LogP contribution in [0.15, 0.2) is 0 Å². The van der Waals surface area contributed by atoms with Gasteiger partial charge in [-0.15, -0.1) is 0 Å². The molecule has 0 bridgehead atoms. The highest BCUT2D eigenvalue weighted by Crippen LogP contribution is 2.33. The van der Waals surface area contributed by atoms with E-state index >= 15 is 0 Å². The van der Waals surface area contributed by atoms with E-state index in [-0.39, 0.29) is 12.6 Å². The first kappa shape index (κ1) is 40.9. The topological polar surface area (TPSA) is 123 Å². The molecular weight excluding hydrogens is 510 g/mol. The smallest absolute Gasteiger partial charge is 0.218 e. The van der Waals surface area contributed by atoms with Gasteiger partial charge in [0.2, 0.25) is 10.4 Å². The van der Waals surface area contributed by atoms with E-state index in [1.807, 2.05) is 0 Å². The lowest BCUT2D eigenvalue weighted by Crippen LogP contribution is -2.38. The van der Waals surface area contributed by atoms with Gasteiger partial charge in [0.1, 0.15) is 0 Å². The Morgan fingerprint density at radius 2 is 0.846 bits per heavy atom. The molecule has 0 radical (unpaired) electrons. The lowest BCUT2D eigenvalue weighted by Gasteiger charge is -2.35. The normalized spacial score (nSPS) is 12.9. The summed E-state index contributed by atoms with van der Waals surface area (Å²) in [6.07, 6.45) is 30.1. The molecule has 0 aromatic rings. The molecule has 7 heteroatoms. The third-order valence-corrected chi connectivity index (χ3v) is 8.48. The van der Waals surface area contributed by atoms with Crippen molar-refractivity contribution in [3.8, 4) is 0 Å². The predicted molar refractivity (Wildman–Crippen MR) is 167 cm³/mol. The van der Waals surface area contributed by atoms with Crippen molar-refractivity contribution in [2.45, 2.75) is 206 Å². The zero-order valence-electron chi connectivity index (χ0n) is 26.7. The number of aliphatic hydroxyl groups excluding tert-OH is 1. The van der Waals surface area contributed by atoms with Gasteiger partial charge in [0.15, 0.2) is 0 Å². The lowest BCUT2D eigenvalue weighted by atomic mass is 9.85. The quantitative estimate of drug-likeness (QED) is 0.0497. The Morgan fingerprint density at radius 1 is 0.590 bits per heavy atom. The van der Waals surface area contributed by atoms with Crippen LogP contribution in [0.4, 0.5) is 0 Å². The fourth-order valence-electron chi connectivity index (χ4n) is 5.78. The van der Waals surface area contributed by atoms with Crippen molar-refractivity contribution in [3.05, 3.63) is 0 Å². The van der Waals surface area contributed by atoms with Crippen LogP contribution in [0.2, 0.25) is 0 Å². The molecule has 0 aromatic heterocycles. The van der Waals surface area contributed by atoms with E-state index in [2.05, 4.69) is 13.8 Å². The minimum absolute atomic E-state index is 0. The van der Waals surface area contributed by atoms with Gasteiger partial charge in [-0.2, -0.15) is 0 Å². The second kappa shape index (κ2) is 27.9. The summed E-state index contributed by atoms with van der Waals surface area (Å²) in [5.41, 5.74) is -1.06. The maximum Gasteiger partial charge on any atom is 0.218 e.